The molecule has 11 heteroatoms. The number of aliphatic hydroxyl groups excluding tert-OH is 1. The van der Waals surface area contributed by atoms with E-state index in [4.69, 9.17) is 4.74 Å². The molecule has 0 saturated heterocycles. The summed E-state index contributed by atoms with van der Waals surface area (Å²) in [5.41, 5.74) is 0.741. The van der Waals surface area contributed by atoms with Crippen molar-refractivity contribution in [3.63, 3.8) is 0 Å². The maximum atomic E-state index is 13.1. The molecule has 0 saturated carbocycles. The number of rotatable bonds is 5. The van der Waals surface area contributed by atoms with Gasteiger partial charge in [0, 0.05) is 11.3 Å². The van der Waals surface area contributed by atoms with Crippen LogP contribution in [-0.4, -0.2) is 22.6 Å². The van der Waals surface area contributed by atoms with Crippen LogP contribution in [0.1, 0.15) is 23.4 Å². The Balaban J connectivity index is 1.56. The first-order chi connectivity index (χ1) is 16.4. The van der Waals surface area contributed by atoms with Crippen LogP contribution in [0, 0.1) is 5.92 Å². The minimum atomic E-state index is -4.81. The second-order valence-corrected chi connectivity index (χ2v) is 8.05. The second kappa shape index (κ2) is 9.29. The molecule has 0 amide bonds. The van der Waals surface area contributed by atoms with Crippen LogP contribution in [-0.2, 0) is 19.4 Å². The monoisotopic (exact) mass is 499 g/mol. The molecule has 186 valence electrons. The second-order valence-electron chi connectivity index (χ2n) is 8.05. The van der Waals surface area contributed by atoms with E-state index in [0.717, 1.165) is 12.1 Å². The summed E-state index contributed by atoms with van der Waals surface area (Å²) in [5.74, 6) is -1.38. The SMILES string of the molecule is O=c1c2c([nH]c(CO)c1-c1ccc(Oc3ccc(OC(F)(F)F)cc3)cc1)CC(C(F)(F)F)CC2. The highest BCUT2D eigenvalue weighted by molar-refractivity contribution is 5.68. The van der Waals surface area contributed by atoms with Gasteiger partial charge in [0.1, 0.15) is 17.2 Å². The summed E-state index contributed by atoms with van der Waals surface area (Å²) in [7, 11) is 0. The van der Waals surface area contributed by atoms with Gasteiger partial charge in [0.15, 0.2) is 5.43 Å². The number of hydrogen-bond donors (Lipinski definition) is 2. The lowest BCUT2D eigenvalue weighted by Gasteiger charge is -2.27. The summed E-state index contributed by atoms with van der Waals surface area (Å²) in [5, 5.41) is 9.78. The lowest BCUT2D eigenvalue weighted by molar-refractivity contribution is -0.274. The highest BCUT2D eigenvalue weighted by Gasteiger charge is 2.42. The van der Waals surface area contributed by atoms with Gasteiger partial charge in [0.2, 0.25) is 0 Å². The van der Waals surface area contributed by atoms with Crippen LogP contribution in [0.5, 0.6) is 17.2 Å². The van der Waals surface area contributed by atoms with Crippen molar-refractivity contribution in [3.05, 3.63) is 75.7 Å². The molecule has 1 atom stereocenters. The number of aliphatic hydroxyl groups is 1. The van der Waals surface area contributed by atoms with E-state index in [0.29, 0.717) is 11.3 Å². The van der Waals surface area contributed by atoms with Gasteiger partial charge >= 0.3 is 12.5 Å². The summed E-state index contributed by atoms with van der Waals surface area (Å²) in [6.07, 6.45) is -9.73. The summed E-state index contributed by atoms with van der Waals surface area (Å²) < 4.78 is 85.6. The van der Waals surface area contributed by atoms with E-state index in [1.807, 2.05) is 0 Å². The number of halogens is 6. The zero-order chi connectivity index (χ0) is 25.4. The maximum Gasteiger partial charge on any atom is 0.573 e. The Morgan fingerprint density at radius 1 is 0.914 bits per heavy atom. The molecule has 0 fully saturated rings. The third-order valence-electron chi connectivity index (χ3n) is 5.72. The number of fused-ring (bicyclic) bond motifs is 1. The molecular weight excluding hydrogens is 480 g/mol. The highest BCUT2D eigenvalue weighted by atomic mass is 19.4. The standard InChI is InChI=1S/C24H19F6NO4/c25-23(26,27)14-3-10-18-19(11-14)31-20(12-32)21(22(18)33)13-1-4-15(5-2-13)34-16-6-8-17(9-7-16)35-24(28,29)30/h1-2,4-9,14,32H,3,10-12H2,(H,31,33). The summed E-state index contributed by atoms with van der Waals surface area (Å²) in [6, 6.07) is 10.9. The summed E-state index contributed by atoms with van der Waals surface area (Å²) in [6.45, 7) is -0.570. The Morgan fingerprint density at radius 3 is 2.03 bits per heavy atom. The molecule has 2 N–H and O–H groups in total. The van der Waals surface area contributed by atoms with Crippen LogP contribution < -0.4 is 14.9 Å². The van der Waals surface area contributed by atoms with Gasteiger partial charge in [0.05, 0.1) is 23.8 Å². The van der Waals surface area contributed by atoms with E-state index >= 15 is 0 Å². The number of aromatic nitrogens is 1. The third kappa shape index (κ3) is 5.61. The van der Waals surface area contributed by atoms with Crippen LogP contribution in [0.2, 0.25) is 0 Å². The Bertz CT molecular complexity index is 1250. The van der Waals surface area contributed by atoms with Crippen molar-refractivity contribution >= 4 is 0 Å². The largest absolute Gasteiger partial charge is 0.573 e. The third-order valence-corrected chi connectivity index (χ3v) is 5.72. The molecule has 3 aromatic rings. The lowest BCUT2D eigenvalue weighted by atomic mass is 9.84. The first kappa shape index (κ1) is 24.6. The van der Waals surface area contributed by atoms with E-state index < -0.39 is 36.2 Å². The molecule has 1 aliphatic rings. The fraction of sp³-hybridized carbons (Fsp3) is 0.292. The quantitative estimate of drug-likeness (QED) is 0.430. The van der Waals surface area contributed by atoms with Crippen LogP contribution in [0.15, 0.2) is 53.3 Å². The number of ether oxygens (including phenoxy) is 2. The molecule has 4 rings (SSSR count). The van der Waals surface area contributed by atoms with E-state index in [9.17, 15) is 36.2 Å². The van der Waals surface area contributed by atoms with Gasteiger partial charge in [-0.25, -0.2) is 0 Å². The van der Waals surface area contributed by atoms with Crippen molar-refractivity contribution in [2.75, 3.05) is 0 Å². The molecule has 0 radical (unpaired) electrons. The van der Waals surface area contributed by atoms with Crippen molar-refractivity contribution in [3.8, 4) is 28.4 Å². The number of hydrogen-bond acceptors (Lipinski definition) is 4. The number of aromatic amines is 1. The Labute approximate surface area is 194 Å². The number of benzene rings is 2. The molecule has 1 heterocycles. The van der Waals surface area contributed by atoms with Gasteiger partial charge in [-0.2, -0.15) is 13.2 Å². The minimum absolute atomic E-state index is 0.0250. The lowest BCUT2D eigenvalue weighted by Crippen LogP contribution is -2.33. The molecule has 0 spiro atoms. The topological polar surface area (TPSA) is 71.6 Å². The average Bonchev–Trinajstić information content (AvgIpc) is 2.79. The smallest absolute Gasteiger partial charge is 0.457 e. The van der Waals surface area contributed by atoms with Crippen LogP contribution in [0.3, 0.4) is 0 Å². The minimum Gasteiger partial charge on any atom is -0.457 e. The van der Waals surface area contributed by atoms with Crippen LogP contribution >= 0.6 is 0 Å². The molecule has 1 aliphatic carbocycles. The van der Waals surface area contributed by atoms with Crippen LogP contribution in [0.25, 0.3) is 11.1 Å². The molecule has 35 heavy (non-hydrogen) atoms. The van der Waals surface area contributed by atoms with Gasteiger partial charge in [-0.1, -0.05) is 12.1 Å². The Morgan fingerprint density at radius 2 is 1.49 bits per heavy atom. The van der Waals surface area contributed by atoms with Gasteiger partial charge < -0.3 is 19.6 Å². The number of pyridine rings is 1. The molecule has 5 nitrogen and oxygen atoms in total. The van der Waals surface area contributed by atoms with Crippen molar-refractivity contribution in [1.29, 1.82) is 0 Å². The Kier molecular flexibility index (Phi) is 6.54. The summed E-state index contributed by atoms with van der Waals surface area (Å²) in [4.78, 5) is 15.9. The fourth-order valence-corrected chi connectivity index (χ4v) is 4.09. The first-order valence-corrected chi connectivity index (χ1v) is 10.5. The molecule has 1 unspecified atom stereocenters. The molecule has 1 aromatic heterocycles. The Hall–Kier alpha value is -3.47. The van der Waals surface area contributed by atoms with Crippen molar-refractivity contribution in [2.24, 2.45) is 5.92 Å². The van der Waals surface area contributed by atoms with Gasteiger partial charge in [-0.15, -0.1) is 13.2 Å². The van der Waals surface area contributed by atoms with Crippen molar-refractivity contribution in [2.45, 2.75) is 38.4 Å². The maximum absolute atomic E-state index is 13.1. The van der Waals surface area contributed by atoms with Crippen molar-refractivity contribution in [1.82, 2.24) is 4.98 Å². The first-order valence-electron chi connectivity index (χ1n) is 10.5. The van der Waals surface area contributed by atoms with E-state index in [2.05, 4.69) is 9.72 Å². The normalized spacial score (nSPS) is 16.0. The zero-order valence-electron chi connectivity index (χ0n) is 18.0. The van der Waals surface area contributed by atoms with Crippen LogP contribution in [0.4, 0.5) is 26.3 Å². The highest BCUT2D eigenvalue weighted by Crippen LogP contribution is 2.37. The molecule has 2 aromatic carbocycles. The molecule has 0 aliphatic heterocycles. The van der Waals surface area contributed by atoms with Gasteiger partial charge in [0.25, 0.3) is 0 Å². The molecule has 0 bridgehead atoms. The van der Waals surface area contributed by atoms with Gasteiger partial charge in [-0.3, -0.25) is 4.79 Å². The number of H-pyrrole nitrogens is 1. The average molecular weight is 499 g/mol. The fourth-order valence-electron chi connectivity index (χ4n) is 4.09. The summed E-state index contributed by atoms with van der Waals surface area (Å²) >= 11 is 0. The van der Waals surface area contributed by atoms with E-state index in [-0.39, 0.29) is 47.5 Å². The zero-order valence-corrected chi connectivity index (χ0v) is 18.0. The predicted octanol–water partition coefficient (Wildman–Crippen LogP) is 5.89. The van der Waals surface area contributed by atoms with E-state index in [1.54, 1.807) is 12.1 Å². The number of nitrogens with one attached hydrogen (secondary N) is 1. The molecular formula is C24H19F6NO4. The van der Waals surface area contributed by atoms with E-state index in [1.165, 1.54) is 24.3 Å². The van der Waals surface area contributed by atoms with Crippen molar-refractivity contribution < 1.29 is 40.9 Å². The predicted molar refractivity (Wildman–Crippen MR) is 113 cm³/mol. The number of alkyl halides is 6. The van der Waals surface area contributed by atoms with Gasteiger partial charge in [-0.05, 0) is 61.2 Å².